The normalized spacial score (nSPS) is 18.3. The molecular weight excluding hydrogens is 396 g/mol. The molecule has 0 saturated heterocycles. The van der Waals surface area contributed by atoms with Crippen LogP contribution in [-0.2, 0) is 12.8 Å². The number of allylic oxidation sites excluding steroid dienone is 4. The van der Waals surface area contributed by atoms with Crippen molar-refractivity contribution in [2.75, 3.05) is 0 Å². The zero-order chi connectivity index (χ0) is 22.7. The number of aromatic hydroxyl groups is 4. The molecule has 1 aliphatic rings. The van der Waals surface area contributed by atoms with Crippen LogP contribution >= 0.6 is 0 Å². The molecule has 166 valence electrons. The molecule has 0 saturated carbocycles. The summed E-state index contributed by atoms with van der Waals surface area (Å²) in [5.41, 5.74) is 3.89. The van der Waals surface area contributed by atoms with Crippen LogP contribution in [0, 0.1) is 0 Å². The summed E-state index contributed by atoms with van der Waals surface area (Å²) in [7, 11) is 0. The molecule has 0 bridgehead atoms. The summed E-state index contributed by atoms with van der Waals surface area (Å²) in [6.07, 6.45) is 4.82. The first-order valence-electron chi connectivity index (χ1n) is 10.4. The number of hydrogen-bond donors (Lipinski definition) is 5. The van der Waals surface area contributed by atoms with E-state index in [4.69, 9.17) is 4.74 Å². The number of fused-ring (bicyclic) bond motifs is 1. The van der Waals surface area contributed by atoms with Gasteiger partial charge in [0.1, 0.15) is 23.4 Å². The van der Waals surface area contributed by atoms with Crippen molar-refractivity contribution < 1.29 is 30.3 Å². The van der Waals surface area contributed by atoms with E-state index in [1.807, 2.05) is 13.0 Å². The fourth-order valence-corrected chi connectivity index (χ4v) is 3.75. The van der Waals surface area contributed by atoms with Gasteiger partial charge in [0.05, 0.1) is 6.10 Å². The molecule has 2 aromatic carbocycles. The minimum absolute atomic E-state index is 0.131. The number of aliphatic hydroxyl groups is 1. The second kappa shape index (κ2) is 9.35. The van der Waals surface area contributed by atoms with Crippen molar-refractivity contribution in [2.45, 2.75) is 58.7 Å². The maximum absolute atomic E-state index is 10.6. The number of hydrogen-bond acceptors (Lipinski definition) is 6. The molecule has 6 nitrogen and oxygen atoms in total. The summed E-state index contributed by atoms with van der Waals surface area (Å²) in [4.78, 5) is 0. The van der Waals surface area contributed by atoms with Gasteiger partial charge in [0.2, 0.25) is 0 Å². The number of aliphatic hydroxyl groups excluding tert-OH is 1. The van der Waals surface area contributed by atoms with Crippen LogP contribution in [-0.4, -0.2) is 31.6 Å². The third kappa shape index (κ3) is 5.33. The first kappa shape index (κ1) is 22.6. The summed E-state index contributed by atoms with van der Waals surface area (Å²) in [6.45, 7) is 6.16. The summed E-state index contributed by atoms with van der Waals surface area (Å²) >= 11 is 0. The minimum atomic E-state index is -0.971. The Morgan fingerprint density at radius 1 is 1.00 bits per heavy atom. The Bertz CT molecular complexity index is 1020. The average molecular weight is 427 g/mol. The van der Waals surface area contributed by atoms with Crippen LogP contribution in [0.2, 0.25) is 0 Å². The third-order valence-corrected chi connectivity index (χ3v) is 5.47. The zero-order valence-corrected chi connectivity index (χ0v) is 18.1. The molecule has 1 heterocycles. The summed E-state index contributed by atoms with van der Waals surface area (Å²) < 4.78 is 5.86. The fourth-order valence-electron chi connectivity index (χ4n) is 3.75. The zero-order valence-electron chi connectivity index (χ0n) is 18.1. The van der Waals surface area contributed by atoms with Gasteiger partial charge in [0, 0.05) is 29.7 Å². The molecule has 31 heavy (non-hydrogen) atoms. The Hall–Kier alpha value is -3.12. The van der Waals surface area contributed by atoms with Gasteiger partial charge in [-0.2, -0.15) is 0 Å². The van der Waals surface area contributed by atoms with E-state index in [1.54, 1.807) is 6.07 Å². The molecule has 0 unspecified atom stereocenters. The second-order valence-corrected chi connectivity index (χ2v) is 8.37. The van der Waals surface area contributed by atoms with Crippen LogP contribution in [0.4, 0.5) is 0 Å². The SMILES string of the molecule is CC(C)=CCC/C(C)=C/Cc1cc([C@H]2Oc3cc(O)cc(O)c3C[C@@H]2O)cc(O)c1O. The van der Waals surface area contributed by atoms with E-state index in [9.17, 15) is 25.5 Å². The number of benzene rings is 2. The predicted molar refractivity (Wildman–Crippen MR) is 119 cm³/mol. The smallest absolute Gasteiger partial charge is 0.161 e. The number of phenolic OH excluding ortho intramolecular Hbond substituents is 4. The third-order valence-electron chi connectivity index (χ3n) is 5.47. The Labute approximate surface area is 182 Å². The van der Waals surface area contributed by atoms with Gasteiger partial charge in [-0.15, -0.1) is 0 Å². The van der Waals surface area contributed by atoms with Crippen LogP contribution in [0.5, 0.6) is 28.7 Å². The molecule has 0 aromatic heterocycles. The largest absolute Gasteiger partial charge is 0.508 e. The molecule has 5 N–H and O–H groups in total. The molecule has 3 rings (SSSR count). The standard InChI is InChI=1S/C25H30O6/c1-14(2)5-4-6-15(3)7-8-16-9-17(10-21(28)24(16)30)25-22(29)13-19-20(27)11-18(26)12-23(19)31-25/h5,7,9-12,22,25-30H,4,6,8,13H2,1-3H3/b15-7+/t22-,25+/m0/s1. The highest BCUT2D eigenvalue weighted by Crippen LogP contribution is 2.43. The van der Waals surface area contributed by atoms with Crippen LogP contribution in [0.25, 0.3) is 0 Å². The van der Waals surface area contributed by atoms with Crippen molar-refractivity contribution in [1.82, 2.24) is 0 Å². The van der Waals surface area contributed by atoms with Crippen molar-refractivity contribution in [3.8, 4) is 28.7 Å². The van der Waals surface area contributed by atoms with Gasteiger partial charge < -0.3 is 30.3 Å². The molecule has 0 radical (unpaired) electrons. The summed E-state index contributed by atoms with van der Waals surface area (Å²) in [6, 6.07) is 5.65. The van der Waals surface area contributed by atoms with E-state index < -0.39 is 12.2 Å². The first-order valence-corrected chi connectivity index (χ1v) is 10.4. The Morgan fingerprint density at radius 2 is 1.74 bits per heavy atom. The summed E-state index contributed by atoms with van der Waals surface area (Å²) in [5.74, 6) is -0.497. The Kier molecular flexibility index (Phi) is 6.81. The fraction of sp³-hybridized carbons (Fsp3) is 0.360. The van der Waals surface area contributed by atoms with E-state index in [-0.39, 0.29) is 35.2 Å². The number of ether oxygens (including phenoxy) is 1. The van der Waals surface area contributed by atoms with Crippen molar-refractivity contribution in [2.24, 2.45) is 0 Å². The van der Waals surface area contributed by atoms with Crippen molar-refractivity contribution in [3.63, 3.8) is 0 Å². The molecule has 0 fully saturated rings. The Balaban J connectivity index is 1.84. The summed E-state index contributed by atoms with van der Waals surface area (Å²) in [5, 5.41) is 50.9. The van der Waals surface area contributed by atoms with E-state index >= 15 is 0 Å². The number of phenols is 4. The molecule has 0 aliphatic carbocycles. The maximum atomic E-state index is 10.6. The molecule has 0 amide bonds. The molecule has 2 atom stereocenters. The van der Waals surface area contributed by atoms with E-state index in [2.05, 4.69) is 19.9 Å². The van der Waals surface area contributed by atoms with Crippen LogP contribution < -0.4 is 4.74 Å². The van der Waals surface area contributed by atoms with Crippen molar-refractivity contribution >= 4 is 0 Å². The van der Waals surface area contributed by atoms with Gasteiger partial charge in [-0.3, -0.25) is 0 Å². The molecule has 2 aromatic rings. The van der Waals surface area contributed by atoms with Crippen LogP contribution in [0.15, 0.2) is 47.6 Å². The maximum Gasteiger partial charge on any atom is 0.161 e. The van der Waals surface area contributed by atoms with Gasteiger partial charge in [0.15, 0.2) is 11.5 Å². The van der Waals surface area contributed by atoms with E-state index in [0.717, 1.165) is 12.8 Å². The van der Waals surface area contributed by atoms with Gasteiger partial charge in [-0.05, 0) is 57.7 Å². The topological polar surface area (TPSA) is 110 Å². The van der Waals surface area contributed by atoms with Crippen LogP contribution in [0.1, 0.15) is 56.4 Å². The van der Waals surface area contributed by atoms with Crippen molar-refractivity contribution in [1.29, 1.82) is 0 Å². The minimum Gasteiger partial charge on any atom is -0.508 e. The lowest BCUT2D eigenvalue weighted by Gasteiger charge is -2.31. The average Bonchev–Trinajstić information content (AvgIpc) is 2.69. The van der Waals surface area contributed by atoms with E-state index in [1.165, 1.54) is 29.3 Å². The number of rotatable bonds is 6. The lowest BCUT2D eigenvalue weighted by atomic mass is 9.92. The first-order chi connectivity index (χ1) is 14.7. The van der Waals surface area contributed by atoms with Crippen LogP contribution in [0.3, 0.4) is 0 Å². The molecule has 6 heteroatoms. The lowest BCUT2D eigenvalue weighted by molar-refractivity contribution is 0.0196. The van der Waals surface area contributed by atoms with Gasteiger partial charge in [0.25, 0.3) is 0 Å². The predicted octanol–water partition coefficient (Wildman–Crippen LogP) is 4.78. The quantitative estimate of drug-likeness (QED) is 0.336. The highest BCUT2D eigenvalue weighted by Gasteiger charge is 2.33. The molecular formula is C25H30O6. The highest BCUT2D eigenvalue weighted by molar-refractivity contribution is 5.53. The second-order valence-electron chi connectivity index (χ2n) is 8.37. The highest BCUT2D eigenvalue weighted by atomic mass is 16.5. The van der Waals surface area contributed by atoms with Gasteiger partial charge in [-0.1, -0.05) is 23.3 Å². The van der Waals surface area contributed by atoms with Crippen molar-refractivity contribution in [3.05, 3.63) is 64.3 Å². The lowest BCUT2D eigenvalue weighted by Crippen LogP contribution is -2.30. The molecule has 1 aliphatic heterocycles. The Morgan fingerprint density at radius 3 is 2.45 bits per heavy atom. The van der Waals surface area contributed by atoms with Gasteiger partial charge >= 0.3 is 0 Å². The van der Waals surface area contributed by atoms with E-state index in [0.29, 0.717) is 23.1 Å². The monoisotopic (exact) mass is 426 g/mol. The van der Waals surface area contributed by atoms with Gasteiger partial charge in [-0.25, -0.2) is 0 Å². The molecule has 0 spiro atoms.